The van der Waals surface area contributed by atoms with Gasteiger partial charge in [-0.15, -0.1) is 0 Å². The number of aromatic carboxylic acids is 1. The molecule has 8 heteroatoms. The van der Waals surface area contributed by atoms with Crippen LogP contribution in [0.25, 0.3) is 0 Å². The standard InChI is InChI=1S/C10H8N2O6/c13-9(14)6-1-2-7(8(5-6)12(16)17)11-3-4-18-10(11)15/h1-2,5H,3-4H2,(H,13,14). The maximum Gasteiger partial charge on any atom is 0.414 e. The summed E-state index contributed by atoms with van der Waals surface area (Å²) in [6.45, 7) is 0.350. The Labute approximate surface area is 101 Å². The van der Waals surface area contributed by atoms with Crippen LogP contribution in [-0.2, 0) is 4.74 Å². The Kier molecular flexibility index (Phi) is 2.84. The summed E-state index contributed by atoms with van der Waals surface area (Å²) >= 11 is 0. The van der Waals surface area contributed by atoms with Crippen LogP contribution in [0.2, 0.25) is 0 Å². The van der Waals surface area contributed by atoms with Gasteiger partial charge in [-0.25, -0.2) is 9.59 Å². The molecule has 0 spiro atoms. The van der Waals surface area contributed by atoms with Crippen molar-refractivity contribution in [2.24, 2.45) is 0 Å². The van der Waals surface area contributed by atoms with Crippen molar-refractivity contribution in [3.8, 4) is 0 Å². The number of hydrogen-bond acceptors (Lipinski definition) is 5. The normalized spacial score (nSPS) is 14.4. The van der Waals surface area contributed by atoms with E-state index in [1.165, 1.54) is 12.1 Å². The number of nitro groups is 1. The Morgan fingerprint density at radius 2 is 2.22 bits per heavy atom. The van der Waals surface area contributed by atoms with Gasteiger partial charge in [0.05, 0.1) is 17.0 Å². The van der Waals surface area contributed by atoms with E-state index in [9.17, 15) is 19.7 Å². The number of carbonyl (C=O) groups excluding carboxylic acids is 1. The fourth-order valence-corrected chi connectivity index (χ4v) is 1.64. The molecule has 0 radical (unpaired) electrons. The van der Waals surface area contributed by atoms with E-state index in [4.69, 9.17) is 5.11 Å². The van der Waals surface area contributed by atoms with E-state index < -0.39 is 22.7 Å². The Morgan fingerprint density at radius 1 is 1.50 bits per heavy atom. The number of rotatable bonds is 3. The van der Waals surface area contributed by atoms with Crippen molar-refractivity contribution in [3.63, 3.8) is 0 Å². The third kappa shape index (κ3) is 1.95. The van der Waals surface area contributed by atoms with Gasteiger partial charge in [0, 0.05) is 6.07 Å². The SMILES string of the molecule is O=C(O)c1ccc(N2CCOC2=O)c([N+](=O)[O-])c1. The summed E-state index contributed by atoms with van der Waals surface area (Å²) in [5.74, 6) is -1.27. The van der Waals surface area contributed by atoms with Gasteiger partial charge >= 0.3 is 12.1 Å². The van der Waals surface area contributed by atoms with Crippen LogP contribution in [0, 0.1) is 10.1 Å². The van der Waals surface area contributed by atoms with Crippen LogP contribution in [-0.4, -0.2) is 35.2 Å². The third-order valence-electron chi connectivity index (χ3n) is 2.47. The van der Waals surface area contributed by atoms with E-state index in [2.05, 4.69) is 4.74 Å². The molecule has 0 saturated carbocycles. The molecule has 1 N–H and O–H groups in total. The number of cyclic esters (lactones) is 1. The van der Waals surface area contributed by atoms with Gasteiger partial charge in [0.25, 0.3) is 5.69 Å². The fraction of sp³-hybridized carbons (Fsp3) is 0.200. The zero-order valence-corrected chi connectivity index (χ0v) is 9.03. The number of ether oxygens (including phenoxy) is 1. The number of anilines is 1. The van der Waals surface area contributed by atoms with Crippen molar-refractivity contribution >= 4 is 23.4 Å². The number of hydrogen-bond donors (Lipinski definition) is 1. The van der Waals surface area contributed by atoms with Gasteiger partial charge in [0.2, 0.25) is 0 Å². The number of carboxylic acids is 1. The molecule has 1 aromatic rings. The van der Waals surface area contributed by atoms with Crippen LogP contribution in [0.15, 0.2) is 18.2 Å². The molecule has 1 saturated heterocycles. The minimum atomic E-state index is -1.27. The van der Waals surface area contributed by atoms with Gasteiger partial charge in [-0.3, -0.25) is 15.0 Å². The smallest absolute Gasteiger partial charge is 0.414 e. The first-order chi connectivity index (χ1) is 8.50. The highest BCUT2D eigenvalue weighted by molar-refractivity contribution is 5.95. The summed E-state index contributed by atoms with van der Waals surface area (Å²) in [5, 5.41) is 19.7. The number of nitro benzene ring substituents is 1. The van der Waals surface area contributed by atoms with Crippen molar-refractivity contribution < 1.29 is 24.4 Å². The van der Waals surface area contributed by atoms with Gasteiger partial charge < -0.3 is 9.84 Å². The highest BCUT2D eigenvalue weighted by Crippen LogP contribution is 2.31. The van der Waals surface area contributed by atoms with Crippen molar-refractivity contribution in [1.29, 1.82) is 0 Å². The van der Waals surface area contributed by atoms with Crippen LogP contribution in [0.1, 0.15) is 10.4 Å². The highest BCUT2D eigenvalue weighted by atomic mass is 16.6. The largest absolute Gasteiger partial charge is 0.478 e. The van der Waals surface area contributed by atoms with E-state index in [0.717, 1.165) is 11.0 Å². The molecule has 0 aliphatic carbocycles. The quantitative estimate of drug-likeness (QED) is 0.640. The molecular formula is C10H8N2O6. The molecule has 1 aliphatic rings. The Hall–Kier alpha value is -2.64. The number of nitrogens with zero attached hydrogens (tertiary/aromatic N) is 2. The molecular weight excluding hydrogens is 244 g/mol. The van der Waals surface area contributed by atoms with Crippen molar-refractivity contribution in [2.45, 2.75) is 0 Å². The van der Waals surface area contributed by atoms with Gasteiger partial charge in [-0.05, 0) is 12.1 Å². The predicted octanol–water partition coefficient (Wildman–Crippen LogP) is 1.25. The fourth-order valence-electron chi connectivity index (χ4n) is 1.64. The summed E-state index contributed by atoms with van der Waals surface area (Å²) in [4.78, 5) is 33.3. The molecule has 1 amide bonds. The van der Waals surface area contributed by atoms with E-state index >= 15 is 0 Å². The molecule has 94 valence electrons. The van der Waals surface area contributed by atoms with Crippen molar-refractivity contribution in [1.82, 2.24) is 0 Å². The maximum atomic E-state index is 11.3. The van der Waals surface area contributed by atoms with Crippen LogP contribution < -0.4 is 4.90 Å². The lowest BCUT2D eigenvalue weighted by atomic mass is 10.1. The first kappa shape index (κ1) is 11.8. The van der Waals surface area contributed by atoms with Crippen LogP contribution in [0.4, 0.5) is 16.2 Å². The summed E-state index contributed by atoms with van der Waals surface area (Å²) in [6, 6.07) is 3.35. The number of amides is 1. The lowest BCUT2D eigenvalue weighted by Gasteiger charge is -2.12. The van der Waals surface area contributed by atoms with Gasteiger partial charge in [-0.1, -0.05) is 0 Å². The molecule has 1 aromatic carbocycles. The Balaban J connectivity index is 2.50. The molecule has 18 heavy (non-hydrogen) atoms. The van der Waals surface area contributed by atoms with Gasteiger partial charge in [-0.2, -0.15) is 0 Å². The molecule has 0 unspecified atom stereocenters. The van der Waals surface area contributed by atoms with Crippen molar-refractivity contribution in [2.75, 3.05) is 18.1 Å². The monoisotopic (exact) mass is 252 g/mol. The number of carbonyl (C=O) groups is 2. The van der Waals surface area contributed by atoms with Gasteiger partial charge in [0.15, 0.2) is 0 Å². The van der Waals surface area contributed by atoms with Crippen molar-refractivity contribution in [3.05, 3.63) is 33.9 Å². The highest BCUT2D eigenvalue weighted by Gasteiger charge is 2.30. The lowest BCUT2D eigenvalue weighted by Crippen LogP contribution is -2.24. The zero-order chi connectivity index (χ0) is 13.3. The molecule has 1 heterocycles. The summed E-state index contributed by atoms with van der Waals surface area (Å²) in [5.41, 5.74) is -0.612. The van der Waals surface area contributed by atoms with E-state index in [-0.39, 0.29) is 24.4 Å². The molecule has 0 bridgehead atoms. The summed E-state index contributed by atoms with van der Waals surface area (Å²) in [7, 11) is 0. The Morgan fingerprint density at radius 3 is 2.72 bits per heavy atom. The molecule has 1 fully saturated rings. The van der Waals surface area contributed by atoms with Crippen LogP contribution in [0.5, 0.6) is 0 Å². The lowest BCUT2D eigenvalue weighted by molar-refractivity contribution is -0.384. The minimum absolute atomic E-state index is 0.0347. The van der Waals surface area contributed by atoms with Crippen LogP contribution >= 0.6 is 0 Å². The number of carboxylic acid groups (broad SMARTS) is 1. The second kappa shape index (κ2) is 4.32. The second-order valence-corrected chi connectivity index (χ2v) is 3.53. The average Bonchev–Trinajstić information content (AvgIpc) is 2.74. The molecule has 1 aliphatic heterocycles. The topological polar surface area (TPSA) is 110 Å². The first-order valence-corrected chi connectivity index (χ1v) is 4.96. The third-order valence-corrected chi connectivity index (χ3v) is 2.47. The minimum Gasteiger partial charge on any atom is -0.478 e. The number of benzene rings is 1. The summed E-state index contributed by atoms with van der Waals surface area (Å²) < 4.78 is 4.68. The average molecular weight is 252 g/mol. The second-order valence-electron chi connectivity index (χ2n) is 3.53. The maximum absolute atomic E-state index is 11.3. The van der Waals surface area contributed by atoms with Gasteiger partial charge in [0.1, 0.15) is 12.3 Å². The molecule has 0 atom stereocenters. The van der Waals surface area contributed by atoms with E-state index in [1.54, 1.807) is 0 Å². The molecule has 2 rings (SSSR count). The zero-order valence-electron chi connectivity index (χ0n) is 9.03. The van der Waals surface area contributed by atoms with E-state index in [0.29, 0.717) is 0 Å². The van der Waals surface area contributed by atoms with Crippen LogP contribution in [0.3, 0.4) is 0 Å². The Bertz CT molecular complexity index is 541. The van der Waals surface area contributed by atoms with E-state index in [1.807, 2.05) is 0 Å². The molecule has 8 nitrogen and oxygen atoms in total. The predicted molar refractivity (Wildman–Crippen MR) is 58.7 cm³/mol. The molecule has 0 aromatic heterocycles. The summed E-state index contributed by atoms with van der Waals surface area (Å²) in [6.07, 6.45) is -0.679. The first-order valence-electron chi connectivity index (χ1n) is 4.96.